The number of thiophene rings is 1. The minimum absolute atomic E-state index is 0.0173. The van der Waals surface area contributed by atoms with E-state index in [1.165, 1.54) is 11.3 Å². The number of aromatic nitrogens is 1. The molecule has 0 radical (unpaired) electrons. The number of hydrogen-bond donors (Lipinski definition) is 0. The molecule has 5 rings (SSSR count). The predicted molar refractivity (Wildman–Crippen MR) is 134 cm³/mol. The van der Waals surface area contributed by atoms with Gasteiger partial charge in [0.25, 0.3) is 5.91 Å². The van der Waals surface area contributed by atoms with Gasteiger partial charge in [0.15, 0.2) is 0 Å². The number of carbonyl (C=O) groups excluding carboxylic acids is 2. The van der Waals surface area contributed by atoms with E-state index in [0.29, 0.717) is 13.1 Å². The lowest BCUT2D eigenvalue weighted by atomic mass is 9.94. The fourth-order valence-electron chi connectivity index (χ4n) is 5.35. The number of hydrogen-bond acceptors (Lipinski definition) is 4. The van der Waals surface area contributed by atoms with Crippen LogP contribution in [0.1, 0.15) is 35.8 Å². The van der Waals surface area contributed by atoms with Gasteiger partial charge in [-0.15, -0.1) is 11.3 Å². The molecule has 2 fully saturated rings. The number of rotatable bonds is 3. The number of carbonyl (C=O) groups is 2. The summed E-state index contributed by atoms with van der Waals surface area (Å²) in [7, 11) is 1.95. The maximum Gasteiger partial charge on any atom is 0.270 e. The first-order chi connectivity index (χ1) is 15.9. The standard InChI is InChI=1S/C26H32N4O2S/c1-18-5-4-6-21(15-18)30-13-12-29(17-19(30)2)25(31)20-7-10-28(11-8-20)26(32)23-16-24-22(27(23)3)9-14-33-24/h4-6,9,14-16,19-20H,7-8,10-13,17H2,1-3H3/t19-/m0/s1. The topological polar surface area (TPSA) is 48.8 Å². The second-order valence-electron chi connectivity index (χ2n) is 9.49. The first-order valence-electron chi connectivity index (χ1n) is 11.9. The molecule has 1 atom stereocenters. The summed E-state index contributed by atoms with van der Waals surface area (Å²) >= 11 is 1.66. The van der Waals surface area contributed by atoms with Crippen molar-refractivity contribution in [2.24, 2.45) is 13.0 Å². The van der Waals surface area contributed by atoms with Crippen LogP contribution in [0.4, 0.5) is 5.69 Å². The van der Waals surface area contributed by atoms with Crippen LogP contribution in [0.5, 0.6) is 0 Å². The lowest BCUT2D eigenvalue weighted by Gasteiger charge is -2.43. The minimum atomic E-state index is 0.0173. The van der Waals surface area contributed by atoms with Gasteiger partial charge >= 0.3 is 0 Å². The molecule has 6 nitrogen and oxygen atoms in total. The zero-order chi connectivity index (χ0) is 23.1. The van der Waals surface area contributed by atoms with E-state index in [4.69, 9.17) is 0 Å². The number of anilines is 1. The fourth-order valence-corrected chi connectivity index (χ4v) is 6.20. The van der Waals surface area contributed by atoms with Crippen molar-refractivity contribution in [2.75, 3.05) is 37.6 Å². The summed E-state index contributed by atoms with van der Waals surface area (Å²) < 4.78 is 3.13. The lowest BCUT2D eigenvalue weighted by molar-refractivity contribution is -0.137. The second-order valence-corrected chi connectivity index (χ2v) is 10.4. The molecule has 7 heteroatoms. The van der Waals surface area contributed by atoms with Gasteiger partial charge in [0.05, 0.1) is 10.2 Å². The molecule has 2 aromatic heterocycles. The van der Waals surface area contributed by atoms with Gasteiger partial charge in [-0.05, 0) is 61.9 Å². The number of piperidine rings is 1. The molecular weight excluding hydrogens is 432 g/mol. The number of amides is 2. The third-order valence-corrected chi connectivity index (χ3v) is 8.14. The van der Waals surface area contributed by atoms with E-state index in [0.717, 1.165) is 48.4 Å². The third kappa shape index (κ3) is 4.14. The van der Waals surface area contributed by atoms with Gasteiger partial charge < -0.3 is 19.3 Å². The maximum absolute atomic E-state index is 13.3. The summed E-state index contributed by atoms with van der Waals surface area (Å²) in [6.45, 7) is 7.99. The fraction of sp³-hybridized carbons (Fsp3) is 0.462. The highest BCUT2D eigenvalue weighted by atomic mass is 32.1. The van der Waals surface area contributed by atoms with Crippen LogP contribution in [0, 0.1) is 12.8 Å². The normalized spacial score (nSPS) is 20.0. The monoisotopic (exact) mass is 464 g/mol. The van der Waals surface area contributed by atoms with Crippen molar-refractivity contribution < 1.29 is 9.59 Å². The maximum atomic E-state index is 13.3. The molecule has 1 aromatic carbocycles. The van der Waals surface area contributed by atoms with Crippen LogP contribution in [-0.2, 0) is 11.8 Å². The van der Waals surface area contributed by atoms with Crippen molar-refractivity contribution in [3.63, 3.8) is 0 Å². The van der Waals surface area contributed by atoms with Crippen molar-refractivity contribution in [2.45, 2.75) is 32.7 Å². The Kier molecular flexibility index (Phi) is 5.91. The first-order valence-corrected chi connectivity index (χ1v) is 12.7. The van der Waals surface area contributed by atoms with Crippen LogP contribution < -0.4 is 4.90 Å². The highest BCUT2D eigenvalue weighted by molar-refractivity contribution is 7.17. The Balaban J connectivity index is 1.17. The minimum Gasteiger partial charge on any atom is -0.365 e. The number of likely N-dealkylation sites (tertiary alicyclic amines) is 1. The van der Waals surface area contributed by atoms with Gasteiger partial charge in [0, 0.05) is 57.4 Å². The number of piperazine rings is 1. The van der Waals surface area contributed by atoms with Crippen LogP contribution >= 0.6 is 11.3 Å². The van der Waals surface area contributed by atoms with Crippen molar-refractivity contribution in [1.29, 1.82) is 0 Å². The zero-order valence-electron chi connectivity index (χ0n) is 19.7. The van der Waals surface area contributed by atoms with Gasteiger partial charge in [-0.2, -0.15) is 0 Å². The molecule has 0 bridgehead atoms. The molecular formula is C26H32N4O2S. The van der Waals surface area contributed by atoms with Crippen LogP contribution in [-0.4, -0.2) is 64.9 Å². The van der Waals surface area contributed by atoms with Crippen LogP contribution in [0.2, 0.25) is 0 Å². The van der Waals surface area contributed by atoms with Gasteiger partial charge in [0.2, 0.25) is 5.91 Å². The summed E-state index contributed by atoms with van der Waals surface area (Å²) in [6, 6.07) is 12.9. The van der Waals surface area contributed by atoms with Crippen molar-refractivity contribution in [3.05, 3.63) is 53.0 Å². The summed E-state index contributed by atoms with van der Waals surface area (Å²) in [4.78, 5) is 32.8. The molecule has 0 saturated carbocycles. The Hall–Kier alpha value is -2.80. The van der Waals surface area contributed by atoms with E-state index in [1.807, 2.05) is 27.5 Å². The smallest absolute Gasteiger partial charge is 0.270 e. The molecule has 0 aliphatic carbocycles. The molecule has 174 valence electrons. The van der Waals surface area contributed by atoms with E-state index in [1.54, 1.807) is 11.3 Å². The molecule has 2 saturated heterocycles. The van der Waals surface area contributed by atoms with E-state index in [-0.39, 0.29) is 23.8 Å². The summed E-state index contributed by atoms with van der Waals surface area (Å²) in [6.07, 6.45) is 1.49. The van der Waals surface area contributed by atoms with Crippen LogP contribution in [0.25, 0.3) is 10.2 Å². The molecule has 3 aromatic rings. The van der Waals surface area contributed by atoms with Gasteiger partial charge in [-0.3, -0.25) is 9.59 Å². The molecule has 4 heterocycles. The molecule has 0 spiro atoms. The summed E-state index contributed by atoms with van der Waals surface area (Å²) in [5, 5.41) is 2.05. The Morgan fingerprint density at radius 2 is 1.79 bits per heavy atom. The Morgan fingerprint density at radius 3 is 2.48 bits per heavy atom. The van der Waals surface area contributed by atoms with Gasteiger partial charge in [-0.25, -0.2) is 0 Å². The Morgan fingerprint density at radius 1 is 1.00 bits per heavy atom. The average molecular weight is 465 g/mol. The summed E-state index contributed by atoms with van der Waals surface area (Å²) in [5.41, 5.74) is 4.34. The summed E-state index contributed by atoms with van der Waals surface area (Å²) in [5.74, 6) is 0.355. The van der Waals surface area contributed by atoms with Crippen molar-refractivity contribution >= 4 is 39.1 Å². The van der Waals surface area contributed by atoms with E-state index in [2.05, 4.69) is 54.5 Å². The number of fused-ring (bicyclic) bond motifs is 1. The zero-order valence-corrected chi connectivity index (χ0v) is 20.5. The van der Waals surface area contributed by atoms with E-state index < -0.39 is 0 Å². The molecule has 2 aliphatic heterocycles. The quantitative estimate of drug-likeness (QED) is 0.585. The van der Waals surface area contributed by atoms with Gasteiger partial charge in [0.1, 0.15) is 5.69 Å². The Labute approximate surface area is 199 Å². The molecule has 0 N–H and O–H groups in total. The molecule has 0 unspecified atom stereocenters. The third-order valence-electron chi connectivity index (χ3n) is 7.29. The van der Waals surface area contributed by atoms with Crippen LogP contribution in [0.3, 0.4) is 0 Å². The number of benzene rings is 1. The van der Waals surface area contributed by atoms with E-state index in [9.17, 15) is 9.59 Å². The first kappa shape index (κ1) is 22.0. The van der Waals surface area contributed by atoms with Crippen LogP contribution in [0.15, 0.2) is 41.8 Å². The highest BCUT2D eigenvalue weighted by Crippen LogP contribution is 2.28. The average Bonchev–Trinajstić information content (AvgIpc) is 3.41. The largest absolute Gasteiger partial charge is 0.365 e. The molecule has 2 aliphatic rings. The predicted octanol–water partition coefficient (Wildman–Crippen LogP) is 4.14. The van der Waals surface area contributed by atoms with E-state index >= 15 is 0 Å². The lowest BCUT2D eigenvalue weighted by Crippen LogP contribution is -2.55. The molecule has 2 amide bonds. The Bertz CT molecular complexity index is 1170. The van der Waals surface area contributed by atoms with Crippen molar-refractivity contribution in [3.8, 4) is 0 Å². The van der Waals surface area contributed by atoms with Gasteiger partial charge in [-0.1, -0.05) is 12.1 Å². The SMILES string of the molecule is Cc1cccc(N2CCN(C(=O)C3CCN(C(=O)c4cc5sccc5n4C)CC3)C[C@@H]2C)c1. The van der Waals surface area contributed by atoms with Crippen molar-refractivity contribution in [1.82, 2.24) is 14.4 Å². The number of aryl methyl sites for hydroxylation is 2. The number of nitrogens with zero attached hydrogens (tertiary/aromatic N) is 4. The molecule has 33 heavy (non-hydrogen) atoms. The second kappa shape index (κ2) is 8.86. The highest BCUT2D eigenvalue weighted by Gasteiger charge is 2.34.